The summed E-state index contributed by atoms with van der Waals surface area (Å²) in [6, 6.07) is 3.38. The second-order valence-corrected chi connectivity index (χ2v) is 4.78. The minimum Gasteiger partial charge on any atom is -0.405 e. The van der Waals surface area contributed by atoms with Crippen LogP contribution in [0.25, 0.3) is 0 Å². The molecule has 0 heterocycles. The second-order valence-electron chi connectivity index (χ2n) is 3.93. The lowest BCUT2D eigenvalue weighted by molar-refractivity contribution is -0.274. The first-order valence-electron chi connectivity index (χ1n) is 5.92. The first-order valence-corrected chi connectivity index (χ1v) is 6.71. The maximum absolute atomic E-state index is 12.1. The highest BCUT2D eigenvalue weighted by molar-refractivity contribution is 9.10. The van der Waals surface area contributed by atoms with E-state index in [9.17, 15) is 18.0 Å². The van der Waals surface area contributed by atoms with E-state index < -0.39 is 12.4 Å². The zero-order valence-corrected chi connectivity index (χ0v) is 12.3. The van der Waals surface area contributed by atoms with E-state index in [2.05, 4.69) is 31.3 Å². The maximum atomic E-state index is 12.1. The molecule has 2 amide bonds. The van der Waals surface area contributed by atoms with E-state index >= 15 is 0 Å². The Balaban J connectivity index is 2.61. The van der Waals surface area contributed by atoms with Crippen LogP contribution in [0.1, 0.15) is 19.8 Å². The summed E-state index contributed by atoms with van der Waals surface area (Å²) < 4.78 is 40.1. The van der Waals surface area contributed by atoms with Crippen molar-refractivity contribution >= 4 is 27.6 Å². The molecule has 0 atom stereocenters. The van der Waals surface area contributed by atoms with Gasteiger partial charge in [-0.1, -0.05) is 13.3 Å². The van der Waals surface area contributed by atoms with Crippen LogP contribution in [0.3, 0.4) is 0 Å². The Labute approximate surface area is 122 Å². The lowest BCUT2D eigenvalue weighted by atomic mass is 10.3. The van der Waals surface area contributed by atoms with Gasteiger partial charge in [0.15, 0.2) is 0 Å². The van der Waals surface area contributed by atoms with Crippen molar-refractivity contribution in [1.29, 1.82) is 0 Å². The number of anilines is 1. The summed E-state index contributed by atoms with van der Waals surface area (Å²) in [6.07, 6.45) is -2.94. The van der Waals surface area contributed by atoms with Crippen LogP contribution in [-0.4, -0.2) is 18.9 Å². The van der Waals surface area contributed by atoms with Crippen LogP contribution in [0.4, 0.5) is 23.7 Å². The third kappa shape index (κ3) is 6.14. The molecule has 2 N–H and O–H groups in total. The standard InChI is InChI=1S/C12H14BrF3N2O2/c1-2-3-6-17-11(19)18-8-4-5-10(9(13)7-8)20-12(14,15)16/h4-5,7H,2-3,6H2,1H3,(H2,17,18,19). The normalized spacial score (nSPS) is 11.1. The molecule has 0 fully saturated rings. The number of rotatable bonds is 5. The number of halogens is 4. The Morgan fingerprint density at radius 1 is 1.40 bits per heavy atom. The third-order valence-corrected chi connectivity index (χ3v) is 2.85. The van der Waals surface area contributed by atoms with Crippen molar-refractivity contribution in [3.8, 4) is 5.75 Å². The molecule has 0 spiro atoms. The van der Waals surface area contributed by atoms with Crippen molar-refractivity contribution in [3.63, 3.8) is 0 Å². The summed E-state index contributed by atoms with van der Waals surface area (Å²) in [6.45, 7) is 2.54. The van der Waals surface area contributed by atoms with Crippen molar-refractivity contribution in [1.82, 2.24) is 5.32 Å². The van der Waals surface area contributed by atoms with Crippen LogP contribution in [0, 0.1) is 0 Å². The van der Waals surface area contributed by atoms with Gasteiger partial charge in [0, 0.05) is 12.2 Å². The minimum absolute atomic E-state index is 0.0983. The van der Waals surface area contributed by atoms with Gasteiger partial charge in [-0.15, -0.1) is 13.2 Å². The highest BCUT2D eigenvalue weighted by atomic mass is 79.9. The summed E-state index contributed by atoms with van der Waals surface area (Å²) in [5, 5.41) is 5.14. The monoisotopic (exact) mass is 354 g/mol. The second kappa shape index (κ2) is 7.37. The van der Waals surface area contributed by atoms with Gasteiger partial charge >= 0.3 is 12.4 Å². The van der Waals surface area contributed by atoms with Crippen LogP contribution < -0.4 is 15.4 Å². The molecule has 0 aromatic heterocycles. The number of benzene rings is 1. The summed E-state index contributed by atoms with van der Waals surface area (Å²) in [5.74, 6) is -0.366. The van der Waals surface area contributed by atoms with Crippen molar-refractivity contribution in [2.75, 3.05) is 11.9 Å². The molecule has 1 aromatic rings. The van der Waals surface area contributed by atoms with Gasteiger partial charge in [-0.05, 0) is 40.5 Å². The number of carbonyl (C=O) groups excluding carboxylic acids is 1. The zero-order chi connectivity index (χ0) is 15.2. The lowest BCUT2D eigenvalue weighted by Crippen LogP contribution is -2.29. The molecule has 112 valence electrons. The average molecular weight is 355 g/mol. The van der Waals surface area contributed by atoms with Crippen LogP contribution in [0.2, 0.25) is 0 Å². The van der Waals surface area contributed by atoms with Crippen molar-refractivity contribution in [2.45, 2.75) is 26.1 Å². The molecule has 1 aromatic carbocycles. The van der Waals surface area contributed by atoms with Crippen LogP contribution >= 0.6 is 15.9 Å². The average Bonchev–Trinajstić information content (AvgIpc) is 2.31. The van der Waals surface area contributed by atoms with Crippen molar-refractivity contribution in [2.24, 2.45) is 0 Å². The number of ether oxygens (including phenoxy) is 1. The van der Waals surface area contributed by atoms with Gasteiger partial charge < -0.3 is 15.4 Å². The molecule has 0 saturated carbocycles. The van der Waals surface area contributed by atoms with Gasteiger partial charge in [-0.2, -0.15) is 0 Å². The SMILES string of the molecule is CCCCNC(=O)Nc1ccc(OC(F)(F)F)c(Br)c1. The van der Waals surface area contributed by atoms with Crippen molar-refractivity contribution in [3.05, 3.63) is 22.7 Å². The quantitative estimate of drug-likeness (QED) is 0.775. The Morgan fingerprint density at radius 3 is 2.65 bits per heavy atom. The van der Waals surface area contributed by atoms with Gasteiger partial charge in [0.2, 0.25) is 0 Å². The predicted molar refractivity (Wildman–Crippen MR) is 72.8 cm³/mol. The van der Waals surface area contributed by atoms with Crippen LogP contribution in [0.15, 0.2) is 22.7 Å². The number of amides is 2. The molecule has 0 aliphatic heterocycles. The number of hydrogen-bond acceptors (Lipinski definition) is 2. The molecule has 0 aliphatic rings. The molecule has 1 rings (SSSR count). The van der Waals surface area contributed by atoms with E-state index in [0.29, 0.717) is 12.2 Å². The molecule has 8 heteroatoms. The minimum atomic E-state index is -4.75. The predicted octanol–water partition coefficient (Wildman–Crippen LogP) is 4.27. The number of unbranched alkanes of at least 4 members (excludes halogenated alkanes) is 1. The van der Waals surface area contributed by atoms with E-state index in [0.717, 1.165) is 18.9 Å². The Bertz CT molecular complexity index is 467. The number of urea groups is 1. The zero-order valence-electron chi connectivity index (χ0n) is 10.7. The van der Waals surface area contributed by atoms with Gasteiger partial charge in [0.05, 0.1) is 4.47 Å². The fourth-order valence-corrected chi connectivity index (χ4v) is 1.80. The molecular formula is C12H14BrF3N2O2. The van der Waals surface area contributed by atoms with Gasteiger partial charge in [-0.25, -0.2) is 4.79 Å². The Morgan fingerprint density at radius 2 is 2.10 bits per heavy atom. The van der Waals surface area contributed by atoms with Gasteiger partial charge in [-0.3, -0.25) is 0 Å². The van der Waals surface area contributed by atoms with E-state index in [1.165, 1.54) is 12.1 Å². The van der Waals surface area contributed by atoms with Gasteiger partial charge in [0.1, 0.15) is 5.75 Å². The first kappa shape index (κ1) is 16.6. The lowest BCUT2D eigenvalue weighted by Gasteiger charge is -2.12. The fraction of sp³-hybridized carbons (Fsp3) is 0.417. The van der Waals surface area contributed by atoms with Crippen LogP contribution in [-0.2, 0) is 0 Å². The van der Waals surface area contributed by atoms with E-state index in [1.54, 1.807) is 0 Å². The number of hydrogen-bond donors (Lipinski definition) is 2. The van der Waals surface area contributed by atoms with E-state index in [4.69, 9.17) is 0 Å². The summed E-state index contributed by atoms with van der Waals surface area (Å²) in [5.41, 5.74) is 0.361. The van der Waals surface area contributed by atoms with E-state index in [1.807, 2.05) is 6.92 Å². The smallest absolute Gasteiger partial charge is 0.405 e. The molecule has 0 radical (unpaired) electrons. The molecular weight excluding hydrogens is 341 g/mol. The molecule has 4 nitrogen and oxygen atoms in total. The number of carbonyl (C=O) groups is 1. The number of alkyl halides is 3. The molecule has 0 aliphatic carbocycles. The molecule has 0 saturated heterocycles. The van der Waals surface area contributed by atoms with Crippen molar-refractivity contribution < 1.29 is 22.7 Å². The topological polar surface area (TPSA) is 50.4 Å². The Kier molecular flexibility index (Phi) is 6.12. The molecule has 20 heavy (non-hydrogen) atoms. The summed E-state index contributed by atoms with van der Waals surface area (Å²) >= 11 is 2.96. The number of nitrogens with one attached hydrogen (secondary N) is 2. The fourth-order valence-electron chi connectivity index (χ4n) is 1.34. The van der Waals surface area contributed by atoms with Crippen LogP contribution in [0.5, 0.6) is 5.75 Å². The third-order valence-electron chi connectivity index (χ3n) is 2.23. The molecule has 0 unspecified atom stereocenters. The largest absolute Gasteiger partial charge is 0.573 e. The molecule has 0 bridgehead atoms. The first-order chi connectivity index (χ1) is 9.31. The highest BCUT2D eigenvalue weighted by Crippen LogP contribution is 2.32. The van der Waals surface area contributed by atoms with E-state index in [-0.39, 0.29) is 10.2 Å². The summed E-state index contributed by atoms with van der Waals surface area (Å²) in [4.78, 5) is 11.5. The maximum Gasteiger partial charge on any atom is 0.573 e. The van der Waals surface area contributed by atoms with Gasteiger partial charge in [0.25, 0.3) is 0 Å². The summed E-state index contributed by atoms with van der Waals surface area (Å²) in [7, 11) is 0. The Hall–Kier alpha value is -1.44. The highest BCUT2D eigenvalue weighted by Gasteiger charge is 2.31.